The minimum atomic E-state index is -1.43. The quantitative estimate of drug-likeness (QED) is 0.644. The Kier molecular flexibility index (Phi) is 4.11. The van der Waals surface area contributed by atoms with Gasteiger partial charge in [0.05, 0.1) is 16.7 Å². The number of anilines is 1. The van der Waals surface area contributed by atoms with E-state index >= 15 is 0 Å². The van der Waals surface area contributed by atoms with Gasteiger partial charge in [-0.15, -0.1) is 0 Å². The predicted octanol–water partition coefficient (Wildman–Crippen LogP) is 3.06. The van der Waals surface area contributed by atoms with Crippen molar-refractivity contribution in [3.63, 3.8) is 0 Å². The number of benzene rings is 1. The Morgan fingerprint density at radius 3 is 2.57 bits per heavy atom. The molecule has 0 aliphatic heterocycles. The molecule has 114 valence electrons. The maximum atomic E-state index is 14.2. The third kappa shape index (κ3) is 3.29. The van der Waals surface area contributed by atoms with Crippen LogP contribution in [0.15, 0.2) is 12.1 Å². The molecule has 0 radical (unpaired) electrons. The topological polar surface area (TPSA) is 83.7 Å². The normalized spacial score (nSPS) is 14.3. The first-order valence-corrected chi connectivity index (χ1v) is 6.79. The molecule has 2 rings (SSSR count). The highest BCUT2D eigenvalue weighted by Crippen LogP contribution is 2.36. The van der Waals surface area contributed by atoms with Crippen LogP contribution in [0.25, 0.3) is 0 Å². The number of nitrogens with zero attached hydrogens (tertiary/aromatic N) is 2. The van der Waals surface area contributed by atoms with E-state index in [1.165, 1.54) is 0 Å². The van der Waals surface area contributed by atoms with Crippen LogP contribution in [0.1, 0.15) is 37.0 Å². The number of rotatable bonds is 6. The molecule has 1 saturated carbocycles. The third-order valence-corrected chi connectivity index (χ3v) is 3.35. The van der Waals surface area contributed by atoms with E-state index in [9.17, 15) is 19.3 Å². The molecule has 0 atom stereocenters. The molecule has 1 aromatic carbocycles. The maximum absolute atomic E-state index is 14.2. The zero-order valence-corrected chi connectivity index (χ0v) is 11.9. The number of nitro benzene ring substituents is 1. The van der Waals surface area contributed by atoms with E-state index in [0.717, 1.165) is 18.9 Å². The number of hydrogen-bond donors (Lipinski definition) is 1. The van der Waals surface area contributed by atoms with E-state index in [2.05, 4.69) is 0 Å². The molecule has 7 heteroatoms. The van der Waals surface area contributed by atoms with Crippen molar-refractivity contribution in [2.75, 3.05) is 11.4 Å². The van der Waals surface area contributed by atoms with Gasteiger partial charge in [-0.25, -0.2) is 9.18 Å². The van der Waals surface area contributed by atoms with Gasteiger partial charge in [-0.1, -0.05) is 13.8 Å². The number of carboxylic acid groups (broad SMARTS) is 1. The lowest BCUT2D eigenvalue weighted by molar-refractivity contribution is -0.385. The standard InChI is InChI=1S/C14H17FN2O4/c1-8(2)7-16(9-3-4-9)13-5-10(14(18)19)12(17(20)21)6-11(13)15/h5-6,8-9H,3-4,7H2,1-2H3,(H,18,19). The Labute approximate surface area is 121 Å². The van der Waals surface area contributed by atoms with Gasteiger partial charge in [-0.3, -0.25) is 10.1 Å². The fourth-order valence-corrected chi connectivity index (χ4v) is 2.32. The molecule has 0 unspecified atom stereocenters. The number of carboxylic acids is 1. The van der Waals surface area contributed by atoms with Gasteiger partial charge in [-0.05, 0) is 24.8 Å². The lowest BCUT2D eigenvalue weighted by atomic mass is 10.1. The molecular weight excluding hydrogens is 279 g/mol. The highest BCUT2D eigenvalue weighted by molar-refractivity contribution is 5.93. The molecule has 1 N–H and O–H groups in total. The molecule has 0 bridgehead atoms. The highest BCUT2D eigenvalue weighted by atomic mass is 19.1. The summed E-state index contributed by atoms with van der Waals surface area (Å²) in [6, 6.07) is 1.97. The Balaban J connectivity index is 2.49. The van der Waals surface area contributed by atoms with Gasteiger partial charge in [0.25, 0.3) is 5.69 Å². The van der Waals surface area contributed by atoms with E-state index in [-0.39, 0.29) is 17.6 Å². The number of nitro groups is 1. The summed E-state index contributed by atoms with van der Waals surface area (Å²) in [6.45, 7) is 4.55. The van der Waals surface area contributed by atoms with Gasteiger partial charge in [0.15, 0.2) is 5.82 Å². The van der Waals surface area contributed by atoms with Gasteiger partial charge < -0.3 is 10.0 Å². The van der Waals surface area contributed by atoms with E-state index in [1.807, 2.05) is 18.7 Å². The van der Waals surface area contributed by atoms with Crippen LogP contribution in [0.3, 0.4) is 0 Å². The van der Waals surface area contributed by atoms with Gasteiger partial charge in [0.2, 0.25) is 0 Å². The van der Waals surface area contributed by atoms with Crippen LogP contribution < -0.4 is 4.90 Å². The second-order valence-electron chi connectivity index (χ2n) is 5.66. The summed E-state index contributed by atoms with van der Waals surface area (Å²) in [5.74, 6) is -1.91. The minimum Gasteiger partial charge on any atom is -0.477 e. The summed E-state index contributed by atoms with van der Waals surface area (Å²) < 4.78 is 14.2. The second-order valence-corrected chi connectivity index (χ2v) is 5.66. The molecule has 1 aliphatic carbocycles. The van der Waals surface area contributed by atoms with E-state index in [0.29, 0.717) is 12.6 Å². The Hall–Kier alpha value is -2.18. The molecule has 6 nitrogen and oxygen atoms in total. The Bertz CT molecular complexity index is 585. The van der Waals surface area contributed by atoms with Crippen molar-refractivity contribution in [3.05, 3.63) is 33.6 Å². The first-order chi connectivity index (χ1) is 9.81. The second kappa shape index (κ2) is 5.67. The Morgan fingerprint density at radius 1 is 1.52 bits per heavy atom. The van der Waals surface area contributed by atoms with Crippen LogP contribution in [0.4, 0.5) is 15.8 Å². The molecule has 0 saturated heterocycles. The number of halogens is 1. The fourth-order valence-electron chi connectivity index (χ4n) is 2.32. The third-order valence-electron chi connectivity index (χ3n) is 3.35. The lowest BCUT2D eigenvalue weighted by Crippen LogP contribution is -2.31. The van der Waals surface area contributed by atoms with E-state index in [1.54, 1.807) is 0 Å². The predicted molar refractivity (Wildman–Crippen MR) is 75.2 cm³/mol. The summed E-state index contributed by atoms with van der Waals surface area (Å²) in [7, 11) is 0. The van der Waals surface area contributed by atoms with Crippen LogP contribution in [-0.2, 0) is 0 Å². The summed E-state index contributed by atoms with van der Waals surface area (Å²) in [4.78, 5) is 23.0. The average Bonchev–Trinajstić information content (AvgIpc) is 3.19. The van der Waals surface area contributed by atoms with Gasteiger partial charge in [0, 0.05) is 12.6 Å². The first kappa shape index (κ1) is 15.2. The first-order valence-electron chi connectivity index (χ1n) is 6.79. The maximum Gasteiger partial charge on any atom is 0.342 e. The van der Waals surface area contributed by atoms with Crippen molar-refractivity contribution in [2.45, 2.75) is 32.7 Å². The minimum absolute atomic E-state index is 0.134. The van der Waals surface area contributed by atoms with Crippen LogP contribution >= 0.6 is 0 Å². The molecule has 0 amide bonds. The largest absolute Gasteiger partial charge is 0.477 e. The highest BCUT2D eigenvalue weighted by Gasteiger charge is 2.33. The molecule has 0 spiro atoms. The van der Waals surface area contributed by atoms with Gasteiger partial charge in [-0.2, -0.15) is 0 Å². The van der Waals surface area contributed by atoms with E-state index in [4.69, 9.17) is 5.11 Å². The fraction of sp³-hybridized carbons (Fsp3) is 0.500. The smallest absolute Gasteiger partial charge is 0.342 e. The van der Waals surface area contributed by atoms with Crippen molar-refractivity contribution < 1.29 is 19.2 Å². The number of carbonyl (C=O) groups is 1. The monoisotopic (exact) mass is 296 g/mol. The van der Waals surface area contributed by atoms with Crippen LogP contribution in [0, 0.1) is 21.8 Å². The average molecular weight is 296 g/mol. The zero-order valence-electron chi connectivity index (χ0n) is 11.9. The van der Waals surface area contributed by atoms with Crippen LogP contribution in [0.5, 0.6) is 0 Å². The summed E-state index contributed by atoms with van der Waals surface area (Å²) >= 11 is 0. The van der Waals surface area contributed by atoms with Crippen LogP contribution in [-0.4, -0.2) is 28.6 Å². The van der Waals surface area contributed by atoms with Crippen molar-refractivity contribution >= 4 is 17.3 Å². The van der Waals surface area contributed by atoms with Crippen molar-refractivity contribution in [2.24, 2.45) is 5.92 Å². The van der Waals surface area contributed by atoms with E-state index < -0.39 is 28.0 Å². The van der Waals surface area contributed by atoms with Gasteiger partial charge >= 0.3 is 5.97 Å². The number of aromatic carboxylic acids is 1. The molecule has 21 heavy (non-hydrogen) atoms. The molecule has 0 aromatic heterocycles. The molecule has 1 aromatic rings. The Morgan fingerprint density at radius 2 is 2.14 bits per heavy atom. The van der Waals surface area contributed by atoms with Crippen molar-refractivity contribution in [3.8, 4) is 0 Å². The summed E-state index contributed by atoms with van der Waals surface area (Å²) in [5, 5.41) is 19.9. The van der Waals surface area contributed by atoms with Crippen molar-refractivity contribution in [1.29, 1.82) is 0 Å². The summed E-state index contributed by atoms with van der Waals surface area (Å²) in [5.41, 5.74) is -1.07. The zero-order chi connectivity index (χ0) is 15.7. The van der Waals surface area contributed by atoms with Crippen molar-refractivity contribution in [1.82, 2.24) is 0 Å². The number of hydrogen-bond acceptors (Lipinski definition) is 4. The molecular formula is C14H17FN2O4. The molecule has 1 aliphatic rings. The molecule has 1 fully saturated rings. The van der Waals surface area contributed by atoms with Gasteiger partial charge in [0.1, 0.15) is 5.56 Å². The van der Waals surface area contributed by atoms with Crippen LogP contribution in [0.2, 0.25) is 0 Å². The lowest BCUT2D eigenvalue weighted by Gasteiger charge is -2.27. The molecule has 0 heterocycles. The SMILES string of the molecule is CC(C)CN(c1cc(C(=O)O)c([N+](=O)[O-])cc1F)C1CC1. The summed E-state index contributed by atoms with van der Waals surface area (Å²) in [6.07, 6.45) is 1.84.